The van der Waals surface area contributed by atoms with E-state index in [2.05, 4.69) is 17.0 Å². The molecule has 0 aromatic heterocycles. The van der Waals surface area contributed by atoms with E-state index in [0.717, 1.165) is 11.6 Å². The van der Waals surface area contributed by atoms with Crippen LogP contribution in [0.3, 0.4) is 0 Å². The highest BCUT2D eigenvalue weighted by atomic mass is 15.1. The molecule has 0 bridgehead atoms. The van der Waals surface area contributed by atoms with Gasteiger partial charge in [-0.3, -0.25) is 0 Å². The van der Waals surface area contributed by atoms with Gasteiger partial charge in [-0.2, -0.15) is 0 Å². The van der Waals surface area contributed by atoms with Crippen LogP contribution in [0, 0.1) is 5.92 Å². The van der Waals surface area contributed by atoms with E-state index in [0.29, 0.717) is 0 Å². The molecule has 16 heavy (non-hydrogen) atoms. The lowest BCUT2D eigenvalue weighted by Crippen LogP contribution is -2.26. The summed E-state index contributed by atoms with van der Waals surface area (Å²) in [4.78, 5) is 2.54. The van der Waals surface area contributed by atoms with Crippen LogP contribution in [0.15, 0.2) is 18.2 Å². The molecule has 2 nitrogen and oxygen atoms in total. The number of fused-ring (bicyclic) bond motifs is 1. The predicted octanol–water partition coefficient (Wildman–Crippen LogP) is 2.82. The van der Waals surface area contributed by atoms with E-state index in [4.69, 9.17) is 5.73 Å². The maximum atomic E-state index is 5.87. The Hall–Kier alpha value is -1.18. The number of hydrogen-bond donors (Lipinski definition) is 1. The Morgan fingerprint density at radius 1 is 1.25 bits per heavy atom. The molecule has 2 N–H and O–H groups in total. The van der Waals surface area contributed by atoms with Gasteiger partial charge in [-0.25, -0.2) is 0 Å². The molecule has 1 saturated carbocycles. The molecule has 2 heteroatoms. The van der Waals surface area contributed by atoms with Gasteiger partial charge in [0.15, 0.2) is 0 Å². The second-order valence-electron chi connectivity index (χ2n) is 5.23. The van der Waals surface area contributed by atoms with Crippen molar-refractivity contribution < 1.29 is 0 Å². The van der Waals surface area contributed by atoms with Gasteiger partial charge in [0.05, 0.1) is 0 Å². The highest BCUT2D eigenvalue weighted by Crippen LogP contribution is 2.33. The van der Waals surface area contributed by atoms with E-state index in [1.165, 1.54) is 56.4 Å². The fourth-order valence-corrected chi connectivity index (χ4v) is 3.16. The maximum Gasteiger partial charge on any atom is 0.0420 e. The third kappa shape index (κ3) is 1.77. The molecule has 0 amide bonds. The normalized spacial score (nSPS) is 20.4. The molecule has 1 heterocycles. The Morgan fingerprint density at radius 3 is 2.88 bits per heavy atom. The molecule has 86 valence electrons. The average molecular weight is 216 g/mol. The van der Waals surface area contributed by atoms with Gasteiger partial charge >= 0.3 is 0 Å². The minimum Gasteiger partial charge on any atom is -0.399 e. The first kappa shape index (κ1) is 10.0. The van der Waals surface area contributed by atoms with Crippen LogP contribution in [0.1, 0.15) is 31.2 Å². The first-order chi connectivity index (χ1) is 7.83. The number of nitrogens with zero attached hydrogens (tertiary/aromatic N) is 1. The lowest BCUT2D eigenvalue weighted by molar-refractivity contribution is 0.538. The molecule has 1 aliphatic heterocycles. The van der Waals surface area contributed by atoms with Crippen LogP contribution in [0.4, 0.5) is 11.4 Å². The molecule has 0 saturated heterocycles. The standard InChI is InChI=1S/C14H20N2/c15-13-6-5-12-7-8-16(14(12)9-13)10-11-3-1-2-4-11/h5-6,9,11H,1-4,7-8,10,15H2. The van der Waals surface area contributed by atoms with E-state index in [-0.39, 0.29) is 0 Å². The zero-order chi connectivity index (χ0) is 11.0. The number of benzene rings is 1. The molecule has 0 unspecified atom stereocenters. The molecule has 3 rings (SSSR count). The van der Waals surface area contributed by atoms with Gasteiger partial charge in [0, 0.05) is 24.5 Å². The smallest absolute Gasteiger partial charge is 0.0420 e. The fraction of sp³-hybridized carbons (Fsp3) is 0.571. The van der Waals surface area contributed by atoms with Crippen LogP contribution >= 0.6 is 0 Å². The Labute approximate surface area is 97.4 Å². The molecular weight excluding hydrogens is 196 g/mol. The Balaban J connectivity index is 1.77. The van der Waals surface area contributed by atoms with Crippen molar-refractivity contribution >= 4 is 11.4 Å². The van der Waals surface area contributed by atoms with Crippen LogP contribution in [0.2, 0.25) is 0 Å². The van der Waals surface area contributed by atoms with E-state index in [1.807, 2.05) is 6.07 Å². The van der Waals surface area contributed by atoms with Gasteiger partial charge in [-0.15, -0.1) is 0 Å². The van der Waals surface area contributed by atoms with Gasteiger partial charge in [0.2, 0.25) is 0 Å². The van der Waals surface area contributed by atoms with Crippen molar-refractivity contribution in [3.05, 3.63) is 23.8 Å². The van der Waals surface area contributed by atoms with Crippen molar-refractivity contribution in [2.45, 2.75) is 32.1 Å². The largest absolute Gasteiger partial charge is 0.399 e. The Bertz CT molecular complexity index is 380. The Morgan fingerprint density at radius 2 is 2.06 bits per heavy atom. The molecule has 1 aromatic carbocycles. The van der Waals surface area contributed by atoms with Crippen molar-refractivity contribution in [2.75, 3.05) is 23.7 Å². The topological polar surface area (TPSA) is 29.3 Å². The summed E-state index contributed by atoms with van der Waals surface area (Å²) in [6.45, 7) is 2.44. The van der Waals surface area contributed by atoms with Gasteiger partial charge in [0.1, 0.15) is 0 Å². The summed E-state index contributed by atoms with van der Waals surface area (Å²) in [7, 11) is 0. The molecule has 1 aliphatic carbocycles. The molecular formula is C14H20N2. The van der Waals surface area contributed by atoms with E-state index < -0.39 is 0 Å². The summed E-state index contributed by atoms with van der Waals surface area (Å²) in [6.07, 6.45) is 6.91. The summed E-state index contributed by atoms with van der Waals surface area (Å²) in [5.41, 5.74) is 9.65. The van der Waals surface area contributed by atoms with Crippen molar-refractivity contribution in [3.63, 3.8) is 0 Å². The number of nitrogens with two attached hydrogens (primary N) is 1. The van der Waals surface area contributed by atoms with Crippen LogP contribution in [-0.4, -0.2) is 13.1 Å². The first-order valence-electron chi connectivity index (χ1n) is 6.46. The van der Waals surface area contributed by atoms with Crippen molar-refractivity contribution in [2.24, 2.45) is 5.92 Å². The van der Waals surface area contributed by atoms with Gasteiger partial charge in [-0.05, 0) is 42.9 Å². The van der Waals surface area contributed by atoms with Gasteiger partial charge in [0.25, 0.3) is 0 Å². The monoisotopic (exact) mass is 216 g/mol. The summed E-state index contributed by atoms with van der Waals surface area (Å²) in [5, 5.41) is 0. The minimum atomic E-state index is 0.900. The van der Waals surface area contributed by atoms with Crippen LogP contribution in [-0.2, 0) is 6.42 Å². The molecule has 0 radical (unpaired) electrons. The number of anilines is 2. The van der Waals surface area contributed by atoms with Crippen LogP contribution < -0.4 is 10.6 Å². The second-order valence-corrected chi connectivity index (χ2v) is 5.23. The summed E-state index contributed by atoms with van der Waals surface area (Å²) >= 11 is 0. The maximum absolute atomic E-state index is 5.87. The van der Waals surface area contributed by atoms with E-state index in [1.54, 1.807) is 0 Å². The summed E-state index contributed by atoms with van der Waals surface area (Å²) in [6, 6.07) is 6.37. The lowest BCUT2D eigenvalue weighted by atomic mass is 10.1. The number of hydrogen-bond acceptors (Lipinski definition) is 2. The van der Waals surface area contributed by atoms with E-state index >= 15 is 0 Å². The SMILES string of the molecule is Nc1ccc2c(c1)N(CC1CCCC1)CC2. The quantitative estimate of drug-likeness (QED) is 0.770. The highest BCUT2D eigenvalue weighted by Gasteiger charge is 2.23. The molecule has 0 atom stereocenters. The molecule has 2 aliphatic rings. The zero-order valence-electron chi connectivity index (χ0n) is 9.78. The molecule has 0 spiro atoms. The summed E-state index contributed by atoms with van der Waals surface area (Å²) in [5.74, 6) is 0.924. The third-order valence-corrected chi connectivity index (χ3v) is 4.05. The van der Waals surface area contributed by atoms with Gasteiger partial charge in [-0.1, -0.05) is 18.9 Å². The Kier molecular flexibility index (Phi) is 2.50. The summed E-state index contributed by atoms with van der Waals surface area (Å²) < 4.78 is 0. The van der Waals surface area contributed by atoms with Crippen LogP contribution in [0.5, 0.6) is 0 Å². The zero-order valence-corrected chi connectivity index (χ0v) is 9.78. The third-order valence-electron chi connectivity index (χ3n) is 4.05. The molecule has 1 fully saturated rings. The molecule has 1 aromatic rings. The average Bonchev–Trinajstić information content (AvgIpc) is 2.90. The van der Waals surface area contributed by atoms with Crippen molar-refractivity contribution in [1.82, 2.24) is 0 Å². The lowest BCUT2D eigenvalue weighted by Gasteiger charge is -2.23. The van der Waals surface area contributed by atoms with Crippen molar-refractivity contribution in [3.8, 4) is 0 Å². The fourth-order valence-electron chi connectivity index (χ4n) is 3.16. The van der Waals surface area contributed by atoms with E-state index in [9.17, 15) is 0 Å². The van der Waals surface area contributed by atoms with Crippen molar-refractivity contribution in [1.29, 1.82) is 0 Å². The van der Waals surface area contributed by atoms with Gasteiger partial charge < -0.3 is 10.6 Å². The highest BCUT2D eigenvalue weighted by molar-refractivity contribution is 5.64. The minimum absolute atomic E-state index is 0.900. The van der Waals surface area contributed by atoms with Crippen LogP contribution in [0.25, 0.3) is 0 Å². The second kappa shape index (κ2) is 4.00. The number of rotatable bonds is 2. The first-order valence-corrected chi connectivity index (χ1v) is 6.46. The number of nitrogen functional groups attached to an aromatic ring is 1. The predicted molar refractivity (Wildman–Crippen MR) is 68.7 cm³/mol.